The van der Waals surface area contributed by atoms with Crippen molar-refractivity contribution >= 4 is 40.3 Å². The van der Waals surface area contributed by atoms with Crippen molar-refractivity contribution in [3.63, 3.8) is 0 Å². The highest BCUT2D eigenvalue weighted by molar-refractivity contribution is 8.00. The number of anilines is 2. The number of hydrogen-bond donors (Lipinski definition) is 0. The number of likely N-dealkylation sites (N-methyl/N-ethyl adjacent to an activating group) is 1. The average Bonchev–Trinajstić information content (AvgIpc) is 2.51. The van der Waals surface area contributed by atoms with Gasteiger partial charge in [-0.15, -0.1) is 11.8 Å². The molecule has 0 bridgehead atoms. The monoisotopic (exact) mass is 316 g/mol. The van der Waals surface area contributed by atoms with Crippen molar-refractivity contribution in [1.82, 2.24) is 9.97 Å². The maximum absolute atomic E-state index is 12.5. The largest absolute Gasteiger partial charge is 0.355 e. The number of aromatic nitrogens is 2. The molecule has 2 heterocycles. The van der Waals surface area contributed by atoms with Crippen molar-refractivity contribution in [2.24, 2.45) is 0 Å². The van der Waals surface area contributed by atoms with Gasteiger partial charge in [-0.1, -0.05) is 26.0 Å². The molecule has 2 aromatic rings. The van der Waals surface area contributed by atoms with Crippen LogP contribution in [0, 0.1) is 0 Å². The first-order valence-electron chi connectivity index (χ1n) is 7.46. The summed E-state index contributed by atoms with van der Waals surface area (Å²) in [5, 5.41) is 0.443. The molecule has 116 valence electrons. The second-order valence-electron chi connectivity index (χ2n) is 5.69. The molecule has 0 saturated heterocycles. The smallest absolute Gasteiger partial charge is 0.238 e. The number of hydrogen-bond acceptors (Lipinski definition) is 5. The van der Waals surface area contributed by atoms with E-state index in [0.29, 0.717) is 23.4 Å². The number of para-hydroxylation sites is 2. The van der Waals surface area contributed by atoms with E-state index in [-0.39, 0.29) is 5.91 Å². The minimum atomic E-state index is 0.109. The number of benzene rings is 1. The van der Waals surface area contributed by atoms with Gasteiger partial charge in [0.1, 0.15) is 0 Å². The minimum absolute atomic E-state index is 0.109. The third kappa shape index (κ3) is 2.88. The van der Waals surface area contributed by atoms with Crippen molar-refractivity contribution in [3.8, 4) is 0 Å². The number of rotatable bonds is 3. The van der Waals surface area contributed by atoms with E-state index in [9.17, 15) is 4.79 Å². The number of amides is 1. The molecule has 0 atom stereocenters. The van der Waals surface area contributed by atoms with Crippen LogP contribution >= 0.6 is 11.8 Å². The van der Waals surface area contributed by atoms with Crippen molar-refractivity contribution in [3.05, 3.63) is 24.3 Å². The summed E-state index contributed by atoms with van der Waals surface area (Å²) >= 11 is 1.66. The minimum Gasteiger partial charge on any atom is -0.355 e. The van der Waals surface area contributed by atoms with Gasteiger partial charge in [0.2, 0.25) is 5.91 Å². The summed E-state index contributed by atoms with van der Waals surface area (Å²) < 4.78 is 0. The normalized spacial score (nSPS) is 14.5. The Labute approximate surface area is 134 Å². The van der Waals surface area contributed by atoms with E-state index in [1.165, 1.54) is 0 Å². The summed E-state index contributed by atoms with van der Waals surface area (Å²) in [6.07, 6.45) is 0. The predicted molar refractivity (Wildman–Crippen MR) is 92.8 cm³/mol. The number of fused-ring (bicyclic) bond motifs is 2. The number of thioether (sulfide) groups is 1. The van der Waals surface area contributed by atoms with Gasteiger partial charge in [-0.05, 0) is 17.4 Å². The Hall–Kier alpha value is -1.82. The lowest BCUT2D eigenvalue weighted by Crippen LogP contribution is -2.44. The fourth-order valence-electron chi connectivity index (χ4n) is 2.44. The van der Waals surface area contributed by atoms with E-state index >= 15 is 0 Å². The topological polar surface area (TPSA) is 49.3 Å². The molecule has 1 amide bonds. The van der Waals surface area contributed by atoms with Gasteiger partial charge >= 0.3 is 0 Å². The molecule has 1 aromatic heterocycles. The van der Waals surface area contributed by atoms with Gasteiger partial charge in [-0.25, -0.2) is 9.97 Å². The SMILES string of the molecule is CC(C)SCC(=O)N1CCN(C)c2nc3ccccc3nc21. The molecule has 6 heteroatoms. The molecule has 0 N–H and O–H groups in total. The Morgan fingerprint density at radius 3 is 2.45 bits per heavy atom. The third-order valence-corrected chi connectivity index (χ3v) is 4.73. The molecule has 0 saturated carbocycles. The summed E-state index contributed by atoms with van der Waals surface area (Å²) in [5.41, 5.74) is 1.69. The van der Waals surface area contributed by atoms with Crippen LogP contribution in [0.4, 0.5) is 11.6 Å². The van der Waals surface area contributed by atoms with Crippen molar-refractivity contribution in [1.29, 1.82) is 0 Å². The first-order chi connectivity index (χ1) is 10.6. The Balaban J connectivity index is 1.98. The lowest BCUT2D eigenvalue weighted by atomic mass is 10.2. The second kappa shape index (κ2) is 6.12. The molecule has 0 spiro atoms. The molecule has 1 aliphatic heterocycles. The molecule has 0 aliphatic carbocycles. The van der Waals surface area contributed by atoms with Gasteiger partial charge in [-0.2, -0.15) is 0 Å². The van der Waals surface area contributed by atoms with Gasteiger partial charge in [0.15, 0.2) is 11.6 Å². The molecule has 5 nitrogen and oxygen atoms in total. The van der Waals surface area contributed by atoms with E-state index in [1.54, 1.807) is 16.7 Å². The summed E-state index contributed by atoms with van der Waals surface area (Å²) in [6, 6.07) is 7.78. The van der Waals surface area contributed by atoms with Gasteiger partial charge in [0, 0.05) is 20.1 Å². The fraction of sp³-hybridized carbons (Fsp3) is 0.438. The predicted octanol–water partition coefficient (Wildman–Crippen LogP) is 2.55. The van der Waals surface area contributed by atoms with Gasteiger partial charge < -0.3 is 4.90 Å². The van der Waals surface area contributed by atoms with E-state index < -0.39 is 0 Å². The summed E-state index contributed by atoms with van der Waals surface area (Å²) in [6.45, 7) is 5.64. The number of carbonyl (C=O) groups excluding carboxylic acids is 1. The molecular weight excluding hydrogens is 296 g/mol. The summed E-state index contributed by atoms with van der Waals surface area (Å²) in [7, 11) is 1.99. The van der Waals surface area contributed by atoms with Gasteiger partial charge in [-0.3, -0.25) is 9.69 Å². The quantitative estimate of drug-likeness (QED) is 0.871. The number of carbonyl (C=O) groups is 1. The first-order valence-corrected chi connectivity index (χ1v) is 8.51. The van der Waals surface area contributed by atoms with Crippen molar-refractivity contribution < 1.29 is 4.79 Å². The highest BCUT2D eigenvalue weighted by Crippen LogP contribution is 2.31. The van der Waals surface area contributed by atoms with Crippen LogP contribution in [0.1, 0.15) is 13.8 Å². The van der Waals surface area contributed by atoms with Crippen LogP contribution in [-0.4, -0.2) is 47.0 Å². The molecule has 1 aliphatic rings. The molecule has 0 unspecified atom stereocenters. The maximum Gasteiger partial charge on any atom is 0.238 e. The zero-order valence-electron chi connectivity index (χ0n) is 13.1. The zero-order valence-corrected chi connectivity index (χ0v) is 13.9. The molecule has 0 fully saturated rings. The maximum atomic E-state index is 12.5. The van der Waals surface area contributed by atoms with Crippen LogP contribution in [0.15, 0.2) is 24.3 Å². The van der Waals surface area contributed by atoms with Crippen LogP contribution < -0.4 is 9.80 Å². The fourth-order valence-corrected chi connectivity index (χ4v) is 3.07. The summed E-state index contributed by atoms with van der Waals surface area (Å²) in [4.78, 5) is 25.7. The molecule has 1 aromatic carbocycles. The van der Waals surface area contributed by atoms with Crippen LogP contribution in [0.5, 0.6) is 0 Å². The first kappa shape index (κ1) is 15.1. The Kier molecular flexibility index (Phi) is 4.20. The van der Waals surface area contributed by atoms with Crippen molar-refractivity contribution in [2.75, 3.05) is 35.7 Å². The third-order valence-electron chi connectivity index (χ3n) is 3.65. The van der Waals surface area contributed by atoms with Crippen LogP contribution in [0.3, 0.4) is 0 Å². The van der Waals surface area contributed by atoms with E-state index in [1.807, 2.05) is 31.3 Å². The van der Waals surface area contributed by atoms with Crippen LogP contribution in [-0.2, 0) is 4.79 Å². The van der Waals surface area contributed by atoms with Crippen LogP contribution in [0.25, 0.3) is 11.0 Å². The summed E-state index contributed by atoms with van der Waals surface area (Å²) in [5.74, 6) is 2.06. The average molecular weight is 316 g/mol. The van der Waals surface area contributed by atoms with Gasteiger partial charge in [0.05, 0.1) is 16.8 Å². The molecule has 0 radical (unpaired) electrons. The Morgan fingerprint density at radius 2 is 1.82 bits per heavy atom. The lowest BCUT2D eigenvalue weighted by Gasteiger charge is -2.33. The molecule has 3 rings (SSSR count). The zero-order chi connectivity index (χ0) is 15.7. The second-order valence-corrected chi connectivity index (χ2v) is 7.25. The van der Waals surface area contributed by atoms with Gasteiger partial charge in [0.25, 0.3) is 0 Å². The van der Waals surface area contributed by atoms with E-state index in [4.69, 9.17) is 0 Å². The molecule has 22 heavy (non-hydrogen) atoms. The van der Waals surface area contributed by atoms with Crippen LogP contribution in [0.2, 0.25) is 0 Å². The van der Waals surface area contributed by atoms with Crippen molar-refractivity contribution in [2.45, 2.75) is 19.1 Å². The van der Waals surface area contributed by atoms with E-state index in [2.05, 4.69) is 28.7 Å². The highest BCUT2D eigenvalue weighted by atomic mass is 32.2. The highest BCUT2D eigenvalue weighted by Gasteiger charge is 2.28. The van der Waals surface area contributed by atoms with E-state index in [0.717, 1.165) is 23.4 Å². The Bertz CT molecular complexity index is 704. The molecular formula is C16H20N4OS. The standard InChI is InChI=1S/C16H20N4OS/c1-11(2)22-10-14(21)20-9-8-19(3)15-16(20)18-13-7-5-4-6-12(13)17-15/h4-7,11H,8-10H2,1-3H3. The number of nitrogens with zero attached hydrogens (tertiary/aromatic N) is 4. The lowest BCUT2D eigenvalue weighted by molar-refractivity contribution is -0.116. The Morgan fingerprint density at radius 1 is 1.18 bits per heavy atom.